The molecule has 4 rings (SSSR count). The number of amides is 1. The molecule has 0 atom stereocenters. The molecule has 1 fully saturated rings. The van der Waals surface area contributed by atoms with Crippen LogP contribution in [-0.2, 0) is 16.8 Å². The van der Waals surface area contributed by atoms with Crippen LogP contribution in [0, 0.1) is 0 Å². The molecular formula is C17H20Cl2N4O. The van der Waals surface area contributed by atoms with Crippen molar-refractivity contribution in [2.24, 2.45) is 0 Å². The lowest BCUT2D eigenvalue weighted by Crippen LogP contribution is -2.55. The summed E-state index contributed by atoms with van der Waals surface area (Å²) in [5.74, 6) is 0.128. The van der Waals surface area contributed by atoms with E-state index in [0.29, 0.717) is 11.6 Å². The molecule has 2 aliphatic heterocycles. The van der Waals surface area contributed by atoms with Crippen molar-refractivity contribution in [3.8, 4) is 0 Å². The van der Waals surface area contributed by atoms with Gasteiger partial charge in [-0.15, -0.1) is 12.4 Å². The summed E-state index contributed by atoms with van der Waals surface area (Å²) in [7, 11) is 0. The normalized spacial score (nSPS) is 18.8. The Bertz CT molecular complexity index is 726. The molecule has 0 unspecified atom stereocenters. The molecule has 3 heterocycles. The average molecular weight is 367 g/mol. The van der Waals surface area contributed by atoms with E-state index in [9.17, 15) is 4.79 Å². The number of carbonyl (C=O) groups is 1. The van der Waals surface area contributed by atoms with Crippen LogP contribution >= 0.6 is 24.0 Å². The summed E-state index contributed by atoms with van der Waals surface area (Å²) in [6.45, 7) is 2.36. The number of carbonyl (C=O) groups excluding carboxylic acids is 1. The van der Waals surface area contributed by atoms with Crippen LogP contribution in [0.1, 0.15) is 18.4 Å². The molecule has 7 heteroatoms. The molecule has 1 amide bonds. The molecule has 0 aliphatic carbocycles. The van der Waals surface area contributed by atoms with Gasteiger partial charge < -0.3 is 10.2 Å². The fourth-order valence-electron chi connectivity index (χ4n) is 3.72. The van der Waals surface area contributed by atoms with Crippen LogP contribution in [-0.4, -0.2) is 35.3 Å². The van der Waals surface area contributed by atoms with Gasteiger partial charge in [0.25, 0.3) is 5.91 Å². The molecule has 1 saturated heterocycles. The van der Waals surface area contributed by atoms with Crippen molar-refractivity contribution in [2.75, 3.05) is 24.5 Å². The quantitative estimate of drug-likeness (QED) is 0.888. The summed E-state index contributed by atoms with van der Waals surface area (Å²) in [4.78, 5) is 15.4. The van der Waals surface area contributed by atoms with E-state index in [0.717, 1.165) is 38.0 Å². The van der Waals surface area contributed by atoms with Crippen molar-refractivity contribution in [3.05, 3.63) is 47.2 Å². The van der Waals surface area contributed by atoms with Gasteiger partial charge in [-0.05, 0) is 56.1 Å². The highest BCUT2D eigenvalue weighted by molar-refractivity contribution is 6.31. The number of nitrogens with one attached hydrogen (secondary N) is 1. The molecule has 24 heavy (non-hydrogen) atoms. The van der Waals surface area contributed by atoms with Crippen LogP contribution in [0.2, 0.25) is 5.02 Å². The van der Waals surface area contributed by atoms with E-state index in [1.807, 2.05) is 40.0 Å². The Morgan fingerprint density at radius 2 is 2.08 bits per heavy atom. The highest BCUT2D eigenvalue weighted by Gasteiger charge is 2.46. The van der Waals surface area contributed by atoms with Gasteiger partial charge in [0.1, 0.15) is 5.54 Å². The minimum Gasteiger partial charge on any atom is -0.317 e. The zero-order valence-corrected chi connectivity index (χ0v) is 14.8. The lowest BCUT2D eigenvalue weighted by Gasteiger charge is -2.39. The third-order valence-electron chi connectivity index (χ3n) is 4.96. The highest BCUT2D eigenvalue weighted by Crippen LogP contribution is 2.36. The number of hydrogen-bond donors (Lipinski definition) is 1. The van der Waals surface area contributed by atoms with Crippen LogP contribution in [0.3, 0.4) is 0 Å². The first-order chi connectivity index (χ1) is 11.2. The second kappa shape index (κ2) is 6.75. The Kier molecular flexibility index (Phi) is 4.85. The molecule has 0 spiro atoms. The van der Waals surface area contributed by atoms with Gasteiger partial charge in [-0.1, -0.05) is 17.7 Å². The van der Waals surface area contributed by atoms with Crippen molar-refractivity contribution < 1.29 is 4.79 Å². The van der Waals surface area contributed by atoms with E-state index in [-0.39, 0.29) is 18.3 Å². The molecule has 5 nitrogen and oxygen atoms in total. The Morgan fingerprint density at radius 1 is 1.29 bits per heavy atom. The highest BCUT2D eigenvalue weighted by atomic mass is 35.5. The standard InChI is InChI=1S/C17H19ClN4O.ClH/c18-14-3-2-13-4-11-21(15(13)12-14)16(23)17(5-8-19-9-6-17)22-10-1-7-20-22;/h1-3,7,10,12,19H,4-6,8-9,11H2;1H. The van der Waals surface area contributed by atoms with Crippen molar-refractivity contribution >= 4 is 35.6 Å². The Hall–Kier alpha value is -1.56. The number of piperidine rings is 1. The lowest BCUT2D eigenvalue weighted by molar-refractivity contribution is -0.129. The van der Waals surface area contributed by atoms with Crippen LogP contribution in [0.25, 0.3) is 0 Å². The Balaban J connectivity index is 0.00000169. The summed E-state index contributed by atoms with van der Waals surface area (Å²) >= 11 is 6.15. The molecule has 1 aromatic carbocycles. The number of nitrogens with zero attached hydrogens (tertiary/aromatic N) is 3. The first kappa shape index (κ1) is 17.3. The van der Waals surface area contributed by atoms with Gasteiger partial charge in [0.2, 0.25) is 0 Å². The van der Waals surface area contributed by atoms with E-state index in [1.165, 1.54) is 5.56 Å². The van der Waals surface area contributed by atoms with E-state index in [4.69, 9.17) is 11.6 Å². The van der Waals surface area contributed by atoms with Gasteiger partial charge in [-0.2, -0.15) is 5.10 Å². The van der Waals surface area contributed by atoms with Crippen molar-refractivity contribution in [1.29, 1.82) is 0 Å². The first-order valence-corrected chi connectivity index (χ1v) is 8.40. The van der Waals surface area contributed by atoms with Gasteiger partial charge in [0.05, 0.1) is 0 Å². The molecule has 0 radical (unpaired) electrons. The molecule has 0 bridgehead atoms. The minimum absolute atomic E-state index is 0. The maximum absolute atomic E-state index is 13.5. The molecule has 0 saturated carbocycles. The summed E-state index contributed by atoms with van der Waals surface area (Å²) in [5, 5.41) is 8.40. The number of anilines is 1. The lowest BCUT2D eigenvalue weighted by atomic mass is 9.86. The monoisotopic (exact) mass is 366 g/mol. The van der Waals surface area contributed by atoms with E-state index < -0.39 is 5.54 Å². The van der Waals surface area contributed by atoms with Crippen LogP contribution in [0.5, 0.6) is 0 Å². The zero-order valence-electron chi connectivity index (χ0n) is 13.2. The van der Waals surface area contributed by atoms with Crippen LogP contribution < -0.4 is 10.2 Å². The predicted octanol–water partition coefficient (Wildman–Crippen LogP) is 2.63. The smallest absolute Gasteiger partial charge is 0.255 e. The third kappa shape index (κ3) is 2.70. The number of halogens is 2. The maximum Gasteiger partial charge on any atom is 0.255 e. The van der Waals surface area contributed by atoms with E-state index in [2.05, 4.69) is 10.4 Å². The number of fused-ring (bicyclic) bond motifs is 1. The maximum atomic E-state index is 13.5. The Morgan fingerprint density at radius 3 is 2.79 bits per heavy atom. The fourth-order valence-corrected chi connectivity index (χ4v) is 3.88. The average Bonchev–Trinajstić information content (AvgIpc) is 3.24. The van der Waals surface area contributed by atoms with Crippen molar-refractivity contribution in [2.45, 2.75) is 24.8 Å². The second-order valence-corrected chi connectivity index (χ2v) is 6.65. The molecule has 2 aromatic rings. The SMILES string of the molecule is Cl.O=C(N1CCc2ccc(Cl)cc21)C1(n2cccn2)CCNCC1. The van der Waals surface area contributed by atoms with E-state index in [1.54, 1.807) is 6.20 Å². The van der Waals surface area contributed by atoms with E-state index >= 15 is 0 Å². The van der Waals surface area contributed by atoms with Gasteiger partial charge >= 0.3 is 0 Å². The van der Waals surface area contributed by atoms with Gasteiger partial charge in [-0.25, -0.2) is 0 Å². The first-order valence-electron chi connectivity index (χ1n) is 8.02. The zero-order chi connectivity index (χ0) is 15.9. The molecule has 128 valence electrons. The van der Waals surface area contributed by atoms with Crippen molar-refractivity contribution in [1.82, 2.24) is 15.1 Å². The summed E-state index contributed by atoms with van der Waals surface area (Å²) < 4.78 is 1.85. The van der Waals surface area contributed by atoms with Gasteiger partial charge in [0.15, 0.2) is 0 Å². The number of hydrogen-bond acceptors (Lipinski definition) is 3. The van der Waals surface area contributed by atoms with Crippen molar-refractivity contribution in [3.63, 3.8) is 0 Å². The Labute approximate surface area is 152 Å². The number of aromatic nitrogens is 2. The molecule has 1 N–H and O–H groups in total. The number of rotatable bonds is 2. The predicted molar refractivity (Wildman–Crippen MR) is 97.1 cm³/mol. The van der Waals surface area contributed by atoms with Crippen LogP contribution in [0.4, 0.5) is 5.69 Å². The second-order valence-electron chi connectivity index (χ2n) is 6.21. The summed E-state index contributed by atoms with van der Waals surface area (Å²) in [6, 6.07) is 7.70. The van der Waals surface area contributed by atoms with Gasteiger partial charge in [-0.3, -0.25) is 9.48 Å². The topological polar surface area (TPSA) is 50.2 Å². The summed E-state index contributed by atoms with van der Waals surface area (Å²) in [6.07, 6.45) is 6.02. The summed E-state index contributed by atoms with van der Waals surface area (Å²) in [5.41, 5.74) is 1.54. The number of benzene rings is 1. The van der Waals surface area contributed by atoms with Crippen LogP contribution in [0.15, 0.2) is 36.7 Å². The molecular weight excluding hydrogens is 347 g/mol. The van der Waals surface area contributed by atoms with Gasteiger partial charge in [0, 0.05) is 29.6 Å². The largest absolute Gasteiger partial charge is 0.317 e. The molecule has 2 aliphatic rings. The minimum atomic E-state index is -0.599. The molecule has 1 aromatic heterocycles. The third-order valence-corrected chi connectivity index (χ3v) is 5.19. The fraction of sp³-hybridized carbons (Fsp3) is 0.412.